The van der Waals surface area contributed by atoms with Crippen LogP contribution in [0.15, 0.2) is 18.2 Å². The Morgan fingerprint density at radius 3 is 2.45 bits per heavy atom. The largest absolute Gasteiger partial charge is 0.477 e. The minimum atomic E-state index is -1.14. The molecule has 0 saturated carbocycles. The van der Waals surface area contributed by atoms with E-state index >= 15 is 0 Å². The SMILES string of the molecule is CC1CCCC(C)N1NC(=O)c1cccc(C(=O)O)n1. The first-order valence-corrected chi connectivity index (χ1v) is 6.78. The van der Waals surface area contributed by atoms with Crippen molar-refractivity contribution >= 4 is 11.9 Å². The number of carboxylic acid groups (broad SMARTS) is 1. The summed E-state index contributed by atoms with van der Waals surface area (Å²) in [6.07, 6.45) is 3.22. The van der Waals surface area contributed by atoms with E-state index < -0.39 is 5.97 Å². The van der Waals surface area contributed by atoms with Crippen molar-refractivity contribution in [3.63, 3.8) is 0 Å². The molecule has 108 valence electrons. The number of aromatic carboxylic acids is 1. The molecular formula is C14H19N3O3. The van der Waals surface area contributed by atoms with Gasteiger partial charge in [0.15, 0.2) is 0 Å². The Hall–Kier alpha value is -1.95. The van der Waals surface area contributed by atoms with Gasteiger partial charge in [0.2, 0.25) is 0 Å². The molecule has 1 fully saturated rings. The molecule has 0 aromatic carbocycles. The van der Waals surface area contributed by atoms with E-state index in [1.807, 2.05) is 5.01 Å². The molecule has 1 saturated heterocycles. The molecule has 2 atom stereocenters. The van der Waals surface area contributed by atoms with Gasteiger partial charge in [-0.1, -0.05) is 12.5 Å². The molecular weight excluding hydrogens is 258 g/mol. The number of carbonyl (C=O) groups excluding carboxylic acids is 1. The van der Waals surface area contributed by atoms with Crippen molar-refractivity contribution in [1.82, 2.24) is 15.4 Å². The average Bonchev–Trinajstić information content (AvgIpc) is 2.43. The number of pyridine rings is 1. The van der Waals surface area contributed by atoms with Crippen LogP contribution in [0.3, 0.4) is 0 Å². The number of nitrogens with one attached hydrogen (secondary N) is 1. The molecule has 1 aliphatic rings. The number of hydrogen-bond acceptors (Lipinski definition) is 4. The number of hydrazine groups is 1. The summed E-state index contributed by atoms with van der Waals surface area (Å²) >= 11 is 0. The van der Waals surface area contributed by atoms with Crippen molar-refractivity contribution < 1.29 is 14.7 Å². The van der Waals surface area contributed by atoms with Gasteiger partial charge in [-0.2, -0.15) is 0 Å². The fourth-order valence-electron chi connectivity index (χ4n) is 2.50. The summed E-state index contributed by atoms with van der Waals surface area (Å²) in [5.74, 6) is -1.51. The number of piperidine rings is 1. The molecule has 0 bridgehead atoms. The molecule has 0 aliphatic carbocycles. The molecule has 0 spiro atoms. The Bertz CT molecular complexity index is 508. The molecule has 20 heavy (non-hydrogen) atoms. The van der Waals surface area contributed by atoms with Gasteiger partial charge in [-0.25, -0.2) is 14.8 Å². The van der Waals surface area contributed by atoms with Crippen LogP contribution in [-0.2, 0) is 0 Å². The van der Waals surface area contributed by atoms with E-state index in [0.29, 0.717) is 0 Å². The van der Waals surface area contributed by atoms with Gasteiger partial charge in [-0.3, -0.25) is 10.2 Å². The lowest BCUT2D eigenvalue weighted by molar-refractivity contribution is 0.0366. The van der Waals surface area contributed by atoms with Crippen LogP contribution < -0.4 is 5.43 Å². The lowest BCUT2D eigenvalue weighted by Crippen LogP contribution is -2.54. The van der Waals surface area contributed by atoms with Gasteiger partial charge >= 0.3 is 5.97 Å². The van der Waals surface area contributed by atoms with E-state index in [0.717, 1.165) is 19.3 Å². The Balaban J connectivity index is 2.11. The van der Waals surface area contributed by atoms with Crippen molar-refractivity contribution in [2.24, 2.45) is 0 Å². The topological polar surface area (TPSA) is 82.5 Å². The lowest BCUT2D eigenvalue weighted by atomic mass is 10.00. The fraction of sp³-hybridized carbons (Fsp3) is 0.500. The molecule has 6 nitrogen and oxygen atoms in total. The molecule has 1 aromatic heterocycles. The van der Waals surface area contributed by atoms with Crippen molar-refractivity contribution in [3.8, 4) is 0 Å². The number of nitrogens with zero attached hydrogens (tertiary/aromatic N) is 2. The number of aromatic nitrogens is 1. The first-order valence-electron chi connectivity index (χ1n) is 6.78. The summed E-state index contributed by atoms with van der Waals surface area (Å²) in [5.41, 5.74) is 2.83. The second kappa shape index (κ2) is 6.00. The highest BCUT2D eigenvalue weighted by atomic mass is 16.4. The predicted octanol–water partition coefficient (Wildman–Crippen LogP) is 1.69. The van der Waals surface area contributed by atoms with E-state index in [2.05, 4.69) is 24.3 Å². The molecule has 1 aliphatic heterocycles. The summed E-state index contributed by atoms with van der Waals surface area (Å²) < 4.78 is 0. The highest BCUT2D eigenvalue weighted by Gasteiger charge is 2.26. The number of carboxylic acids is 1. The Morgan fingerprint density at radius 2 is 1.85 bits per heavy atom. The second-order valence-electron chi connectivity index (χ2n) is 5.19. The summed E-state index contributed by atoms with van der Waals surface area (Å²) in [5, 5.41) is 10.8. The Kier molecular flexibility index (Phi) is 4.34. The normalized spacial score (nSPS) is 23.3. The maximum atomic E-state index is 12.2. The Labute approximate surface area is 117 Å². The molecule has 2 N–H and O–H groups in total. The first-order chi connectivity index (χ1) is 9.49. The lowest BCUT2D eigenvalue weighted by Gasteiger charge is -2.38. The molecule has 6 heteroatoms. The fourth-order valence-corrected chi connectivity index (χ4v) is 2.50. The van der Waals surface area contributed by atoms with Gasteiger partial charge in [-0.05, 0) is 38.8 Å². The minimum Gasteiger partial charge on any atom is -0.477 e. The maximum absolute atomic E-state index is 12.2. The zero-order valence-corrected chi connectivity index (χ0v) is 11.7. The summed E-state index contributed by atoms with van der Waals surface area (Å²) in [6.45, 7) is 4.13. The molecule has 1 amide bonds. The van der Waals surface area contributed by atoms with Crippen molar-refractivity contribution in [1.29, 1.82) is 0 Å². The van der Waals surface area contributed by atoms with Crippen LogP contribution in [0.5, 0.6) is 0 Å². The van der Waals surface area contributed by atoms with E-state index in [-0.39, 0.29) is 29.4 Å². The van der Waals surface area contributed by atoms with Crippen molar-refractivity contribution in [2.45, 2.75) is 45.2 Å². The number of amides is 1. The summed E-state index contributed by atoms with van der Waals surface area (Å²) in [6, 6.07) is 4.94. The monoisotopic (exact) mass is 277 g/mol. The van der Waals surface area contributed by atoms with Gasteiger partial charge in [-0.15, -0.1) is 0 Å². The zero-order chi connectivity index (χ0) is 14.7. The van der Waals surface area contributed by atoms with Crippen LogP contribution in [0, 0.1) is 0 Å². The smallest absolute Gasteiger partial charge is 0.354 e. The summed E-state index contributed by atoms with van der Waals surface area (Å²) in [7, 11) is 0. The molecule has 1 aromatic rings. The quantitative estimate of drug-likeness (QED) is 0.878. The van der Waals surface area contributed by atoms with Crippen molar-refractivity contribution in [2.75, 3.05) is 0 Å². The van der Waals surface area contributed by atoms with Gasteiger partial charge in [0.25, 0.3) is 5.91 Å². The third-order valence-corrected chi connectivity index (χ3v) is 3.63. The number of carbonyl (C=O) groups is 2. The van der Waals surface area contributed by atoms with Crippen LogP contribution >= 0.6 is 0 Å². The molecule has 2 unspecified atom stereocenters. The van der Waals surface area contributed by atoms with Crippen LogP contribution in [0.25, 0.3) is 0 Å². The van der Waals surface area contributed by atoms with Gasteiger partial charge in [0.1, 0.15) is 11.4 Å². The standard InChI is InChI=1S/C14H19N3O3/c1-9-5-3-6-10(2)17(9)16-13(18)11-7-4-8-12(15-11)14(19)20/h4,7-10H,3,5-6H2,1-2H3,(H,16,18)(H,19,20). The van der Waals surface area contributed by atoms with Crippen LogP contribution in [0.2, 0.25) is 0 Å². The van der Waals surface area contributed by atoms with E-state index in [9.17, 15) is 9.59 Å². The highest BCUT2D eigenvalue weighted by molar-refractivity contribution is 5.93. The summed E-state index contributed by atoms with van der Waals surface area (Å²) in [4.78, 5) is 26.9. The van der Waals surface area contributed by atoms with Gasteiger partial charge in [0, 0.05) is 12.1 Å². The molecule has 2 rings (SSSR count). The molecule has 2 heterocycles. The van der Waals surface area contributed by atoms with E-state index in [1.165, 1.54) is 18.2 Å². The first kappa shape index (κ1) is 14.5. The highest BCUT2D eigenvalue weighted by Crippen LogP contribution is 2.20. The minimum absolute atomic E-state index is 0.120. The number of rotatable bonds is 3. The van der Waals surface area contributed by atoms with Gasteiger partial charge in [0.05, 0.1) is 0 Å². The number of hydrogen-bond donors (Lipinski definition) is 2. The molecule has 0 radical (unpaired) electrons. The van der Waals surface area contributed by atoms with Crippen LogP contribution in [0.4, 0.5) is 0 Å². The van der Waals surface area contributed by atoms with Crippen LogP contribution in [0.1, 0.15) is 54.1 Å². The Morgan fingerprint density at radius 1 is 1.25 bits per heavy atom. The predicted molar refractivity (Wildman–Crippen MR) is 73.3 cm³/mol. The van der Waals surface area contributed by atoms with E-state index in [4.69, 9.17) is 5.11 Å². The third-order valence-electron chi connectivity index (χ3n) is 3.63. The van der Waals surface area contributed by atoms with E-state index in [1.54, 1.807) is 0 Å². The average molecular weight is 277 g/mol. The maximum Gasteiger partial charge on any atom is 0.354 e. The van der Waals surface area contributed by atoms with Crippen LogP contribution in [-0.4, -0.2) is 39.1 Å². The van der Waals surface area contributed by atoms with Gasteiger partial charge < -0.3 is 5.11 Å². The third kappa shape index (κ3) is 3.14. The second-order valence-corrected chi connectivity index (χ2v) is 5.19. The zero-order valence-electron chi connectivity index (χ0n) is 11.7. The van der Waals surface area contributed by atoms with Crippen molar-refractivity contribution in [3.05, 3.63) is 29.6 Å².